The quantitative estimate of drug-likeness (QED) is 0.613. The molecule has 1 aliphatic rings. The molecule has 30 heavy (non-hydrogen) atoms. The van der Waals surface area contributed by atoms with Gasteiger partial charge in [-0.1, -0.05) is 37.3 Å². The van der Waals surface area contributed by atoms with Crippen LogP contribution in [0.4, 0.5) is 9.59 Å². The lowest BCUT2D eigenvalue weighted by atomic mass is 9.74. The van der Waals surface area contributed by atoms with Crippen molar-refractivity contribution < 1.29 is 28.7 Å². The van der Waals surface area contributed by atoms with Crippen molar-refractivity contribution >= 4 is 23.9 Å². The van der Waals surface area contributed by atoms with Crippen LogP contribution < -0.4 is 5.32 Å². The van der Waals surface area contributed by atoms with Crippen molar-refractivity contribution in [3.63, 3.8) is 0 Å². The highest BCUT2D eigenvalue weighted by Gasteiger charge is 2.54. The van der Waals surface area contributed by atoms with E-state index in [1.165, 1.54) is 12.0 Å². The van der Waals surface area contributed by atoms with Crippen LogP contribution in [0.25, 0.3) is 0 Å². The van der Waals surface area contributed by atoms with E-state index in [1.54, 1.807) is 37.3 Å². The molecule has 0 saturated carbocycles. The highest BCUT2D eigenvalue weighted by Crippen LogP contribution is 2.33. The first-order valence-electron chi connectivity index (χ1n) is 10.0. The number of rotatable bonds is 9. The summed E-state index contributed by atoms with van der Waals surface area (Å²) >= 11 is 0. The van der Waals surface area contributed by atoms with E-state index in [0.717, 1.165) is 4.90 Å². The number of carbonyl (C=O) groups excluding carboxylic acids is 4. The summed E-state index contributed by atoms with van der Waals surface area (Å²) in [7, 11) is 1.43. The third-order valence-corrected chi connectivity index (χ3v) is 5.29. The fourth-order valence-corrected chi connectivity index (χ4v) is 3.56. The van der Waals surface area contributed by atoms with Crippen LogP contribution in [0, 0.1) is 0 Å². The van der Waals surface area contributed by atoms with Gasteiger partial charge in [-0.2, -0.15) is 0 Å². The highest BCUT2D eigenvalue weighted by atomic mass is 16.6. The Bertz CT molecular complexity index is 780. The van der Waals surface area contributed by atoms with Crippen LogP contribution in [0.1, 0.15) is 32.8 Å². The van der Waals surface area contributed by atoms with Crippen molar-refractivity contribution in [3.8, 4) is 0 Å². The third kappa shape index (κ3) is 4.46. The molecule has 1 aromatic carbocycles. The zero-order chi connectivity index (χ0) is 22.3. The number of hydrogen-bond donors (Lipinski definition) is 1. The molecule has 1 aliphatic heterocycles. The Labute approximate surface area is 176 Å². The number of imide groups is 2. The van der Waals surface area contributed by atoms with E-state index in [4.69, 9.17) is 9.47 Å². The monoisotopic (exact) mass is 419 g/mol. The second kappa shape index (κ2) is 10.2. The van der Waals surface area contributed by atoms with Gasteiger partial charge in [0.05, 0.1) is 13.2 Å². The molecular formula is C21H29N3O6. The summed E-state index contributed by atoms with van der Waals surface area (Å²) in [6, 6.07) is 7.76. The first kappa shape index (κ1) is 23.3. The second-order valence-electron chi connectivity index (χ2n) is 6.93. The summed E-state index contributed by atoms with van der Waals surface area (Å²) in [6.07, 6.45) is -1.27. The molecule has 2 unspecified atom stereocenters. The minimum Gasteiger partial charge on any atom is -0.442 e. The van der Waals surface area contributed by atoms with Gasteiger partial charge in [-0.05, 0) is 25.8 Å². The number of ether oxygens (including phenoxy) is 2. The summed E-state index contributed by atoms with van der Waals surface area (Å²) in [6.45, 7) is 6.03. The predicted molar refractivity (Wildman–Crippen MR) is 109 cm³/mol. The number of nitrogens with one attached hydrogen (secondary N) is 1. The number of benzene rings is 1. The summed E-state index contributed by atoms with van der Waals surface area (Å²) in [5.74, 6) is -1.31. The molecule has 164 valence electrons. The molecule has 1 saturated heterocycles. The topological polar surface area (TPSA) is 105 Å². The summed E-state index contributed by atoms with van der Waals surface area (Å²) in [5.41, 5.74) is -1.04. The van der Waals surface area contributed by atoms with Gasteiger partial charge in [-0.15, -0.1) is 0 Å². The minimum absolute atomic E-state index is 0.0114. The van der Waals surface area contributed by atoms with Gasteiger partial charge < -0.3 is 14.4 Å². The van der Waals surface area contributed by atoms with Crippen molar-refractivity contribution in [2.75, 3.05) is 33.4 Å². The molecule has 0 spiro atoms. The zero-order valence-corrected chi connectivity index (χ0v) is 17.8. The Morgan fingerprint density at radius 1 is 1.13 bits per heavy atom. The second-order valence-corrected chi connectivity index (χ2v) is 6.93. The van der Waals surface area contributed by atoms with Gasteiger partial charge in [0, 0.05) is 20.2 Å². The fourth-order valence-electron chi connectivity index (χ4n) is 3.56. The number of methoxy groups -OCH3 is 1. The first-order chi connectivity index (χ1) is 14.3. The minimum atomic E-state index is -1.53. The molecule has 0 aliphatic carbocycles. The van der Waals surface area contributed by atoms with E-state index in [-0.39, 0.29) is 19.6 Å². The first-order valence-corrected chi connectivity index (χ1v) is 10.0. The van der Waals surface area contributed by atoms with Crippen LogP contribution in [-0.2, 0) is 24.5 Å². The standard InChI is InChI=1S/C21H29N3O6/c1-5-21(15-11-9-8-10-12-15)17(25)22-19(27)24(18(21)26)13-16(14-29-4)30-20(28)23(6-2)7-3/h8-12,16H,5-7,13-14H2,1-4H3,(H,22,25,27). The molecular weight excluding hydrogens is 390 g/mol. The maximum Gasteiger partial charge on any atom is 0.410 e. The maximum atomic E-state index is 13.4. The molecule has 5 amide bonds. The van der Waals surface area contributed by atoms with E-state index in [9.17, 15) is 19.2 Å². The Hall–Kier alpha value is -2.94. The van der Waals surface area contributed by atoms with Gasteiger partial charge in [-0.3, -0.25) is 19.8 Å². The number of urea groups is 1. The molecule has 1 heterocycles. The lowest BCUT2D eigenvalue weighted by Gasteiger charge is -2.40. The molecule has 1 N–H and O–H groups in total. The molecule has 1 fully saturated rings. The van der Waals surface area contributed by atoms with Crippen molar-refractivity contribution in [3.05, 3.63) is 35.9 Å². The molecule has 0 aromatic heterocycles. The normalized spacial score (nSPS) is 20.0. The maximum absolute atomic E-state index is 13.4. The van der Waals surface area contributed by atoms with Crippen LogP contribution in [0.3, 0.4) is 0 Å². The van der Waals surface area contributed by atoms with E-state index < -0.39 is 35.5 Å². The Morgan fingerprint density at radius 2 is 1.77 bits per heavy atom. The lowest BCUT2D eigenvalue weighted by Crippen LogP contribution is -2.67. The van der Waals surface area contributed by atoms with Crippen LogP contribution >= 0.6 is 0 Å². The average molecular weight is 419 g/mol. The van der Waals surface area contributed by atoms with Crippen molar-refractivity contribution in [1.82, 2.24) is 15.1 Å². The molecule has 1 aromatic rings. The van der Waals surface area contributed by atoms with Gasteiger partial charge in [0.25, 0.3) is 5.91 Å². The molecule has 9 heteroatoms. The Balaban J connectivity index is 2.32. The molecule has 2 atom stereocenters. The number of amides is 5. The highest BCUT2D eigenvalue weighted by molar-refractivity contribution is 6.22. The van der Waals surface area contributed by atoms with Crippen LogP contribution in [0.5, 0.6) is 0 Å². The number of nitrogens with zero attached hydrogens (tertiary/aromatic N) is 2. The fraction of sp³-hybridized carbons (Fsp3) is 0.524. The number of carbonyl (C=O) groups is 4. The summed E-state index contributed by atoms with van der Waals surface area (Å²) in [5, 5.41) is 2.28. The molecule has 0 bridgehead atoms. The van der Waals surface area contributed by atoms with Gasteiger partial charge in [-0.25, -0.2) is 9.59 Å². The molecule has 2 rings (SSSR count). The van der Waals surface area contributed by atoms with Gasteiger partial charge in [0.2, 0.25) is 5.91 Å². The average Bonchev–Trinajstić information content (AvgIpc) is 2.73. The lowest BCUT2D eigenvalue weighted by molar-refractivity contribution is -0.147. The Morgan fingerprint density at radius 3 is 2.30 bits per heavy atom. The Kier molecular flexibility index (Phi) is 7.93. The van der Waals surface area contributed by atoms with E-state index >= 15 is 0 Å². The van der Waals surface area contributed by atoms with Crippen molar-refractivity contribution in [1.29, 1.82) is 0 Å². The van der Waals surface area contributed by atoms with Crippen molar-refractivity contribution in [2.45, 2.75) is 38.7 Å². The van der Waals surface area contributed by atoms with Crippen LogP contribution in [0.15, 0.2) is 30.3 Å². The third-order valence-electron chi connectivity index (χ3n) is 5.29. The van der Waals surface area contributed by atoms with Crippen LogP contribution in [-0.4, -0.2) is 73.2 Å². The number of hydrogen-bond acceptors (Lipinski definition) is 6. The van der Waals surface area contributed by atoms with Crippen LogP contribution in [0.2, 0.25) is 0 Å². The number of barbiturate groups is 1. The largest absolute Gasteiger partial charge is 0.442 e. The molecule has 9 nitrogen and oxygen atoms in total. The van der Waals surface area contributed by atoms with Gasteiger partial charge >= 0.3 is 12.1 Å². The zero-order valence-electron chi connectivity index (χ0n) is 17.8. The van der Waals surface area contributed by atoms with E-state index in [1.807, 2.05) is 13.8 Å². The van der Waals surface area contributed by atoms with E-state index in [2.05, 4.69) is 5.32 Å². The summed E-state index contributed by atoms with van der Waals surface area (Å²) in [4.78, 5) is 53.4. The SMILES string of the molecule is CCN(CC)C(=O)OC(COC)CN1C(=O)NC(=O)C(CC)(c2ccccc2)C1=O. The smallest absolute Gasteiger partial charge is 0.410 e. The predicted octanol–water partition coefficient (Wildman–Crippen LogP) is 1.91. The van der Waals surface area contributed by atoms with Gasteiger partial charge in [0.15, 0.2) is 5.41 Å². The van der Waals surface area contributed by atoms with E-state index in [0.29, 0.717) is 18.7 Å². The molecule has 0 radical (unpaired) electrons. The van der Waals surface area contributed by atoms with Gasteiger partial charge in [0.1, 0.15) is 6.10 Å². The van der Waals surface area contributed by atoms with Crippen molar-refractivity contribution in [2.24, 2.45) is 0 Å². The summed E-state index contributed by atoms with van der Waals surface area (Å²) < 4.78 is 10.6.